The number of halogens is 1. The molecule has 0 atom stereocenters. The first-order chi connectivity index (χ1) is 4.52. The van der Waals surface area contributed by atoms with Gasteiger partial charge in [0, 0.05) is 6.26 Å². The van der Waals surface area contributed by atoms with Gasteiger partial charge in [-0.1, -0.05) is 0 Å². The van der Waals surface area contributed by atoms with Gasteiger partial charge in [-0.2, -0.15) is 9.49 Å². The molecule has 0 aliphatic carbocycles. The summed E-state index contributed by atoms with van der Waals surface area (Å²) in [6.45, 7) is 0. The molecule has 1 heterocycles. The molecule has 0 saturated carbocycles. The smallest absolute Gasteiger partial charge is 0.227 e. The van der Waals surface area contributed by atoms with E-state index in [1.54, 1.807) is 0 Å². The van der Waals surface area contributed by atoms with Gasteiger partial charge in [0.1, 0.15) is 4.90 Å². The van der Waals surface area contributed by atoms with Gasteiger partial charge in [-0.15, -0.1) is 0 Å². The van der Waals surface area contributed by atoms with Crippen LogP contribution in [0.25, 0.3) is 0 Å². The number of rotatable bonds is 1. The summed E-state index contributed by atoms with van der Waals surface area (Å²) in [5.74, 6) is -0.914. The van der Waals surface area contributed by atoms with Crippen molar-refractivity contribution in [1.82, 2.24) is 10.2 Å². The Bertz CT molecular complexity index is 329. The van der Waals surface area contributed by atoms with Crippen molar-refractivity contribution < 1.29 is 12.8 Å². The van der Waals surface area contributed by atoms with Crippen LogP contribution in [0.2, 0.25) is 0 Å². The van der Waals surface area contributed by atoms with Crippen LogP contribution in [0.1, 0.15) is 0 Å². The maximum Gasteiger partial charge on any atom is 0.227 e. The van der Waals surface area contributed by atoms with Gasteiger partial charge in [0.05, 0.1) is 6.20 Å². The molecule has 4 nitrogen and oxygen atoms in total. The molecule has 0 aliphatic heterocycles. The van der Waals surface area contributed by atoms with E-state index in [9.17, 15) is 12.8 Å². The van der Waals surface area contributed by atoms with Crippen molar-refractivity contribution in [3.63, 3.8) is 0 Å². The van der Waals surface area contributed by atoms with Crippen molar-refractivity contribution in [3.05, 3.63) is 12.1 Å². The van der Waals surface area contributed by atoms with Crippen LogP contribution in [0.5, 0.6) is 0 Å². The Balaban J connectivity index is 3.32. The van der Waals surface area contributed by atoms with Gasteiger partial charge in [0.25, 0.3) is 0 Å². The van der Waals surface area contributed by atoms with Crippen molar-refractivity contribution in [2.75, 3.05) is 6.26 Å². The molecule has 1 rings (SSSR count). The fourth-order valence-electron chi connectivity index (χ4n) is 0.518. The molecule has 56 valence electrons. The summed E-state index contributed by atoms with van der Waals surface area (Å²) in [7, 11) is -3.46. The second-order valence-corrected chi connectivity index (χ2v) is 3.80. The summed E-state index contributed by atoms with van der Waals surface area (Å²) in [5, 5.41) is 5.09. The molecule has 1 N–H and O–H groups in total. The molecule has 10 heavy (non-hydrogen) atoms. The lowest BCUT2D eigenvalue weighted by molar-refractivity contribution is 0.545. The third kappa shape index (κ3) is 1.15. The molecule has 0 bridgehead atoms. The van der Waals surface area contributed by atoms with Crippen molar-refractivity contribution in [1.29, 1.82) is 0 Å². The number of nitrogens with zero attached hydrogens (tertiary/aromatic N) is 1. The molecule has 6 heteroatoms. The first-order valence-electron chi connectivity index (χ1n) is 2.41. The van der Waals surface area contributed by atoms with Gasteiger partial charge in [-0.3, -0.25) is 5.10 Å². The largest absolute Gasteiger partial charge is 0.252 e. The van der Waals surface area contributed by atoms with Crippen molar-refractivity contribution in [2.45, 2.75) is 4.90 Å². The first kappa shape index (κ1) is 7.20. The highest BCUT2D eigenvalue weighted by molar-refractivity contribution is 7.90. The Labute approximate surface area is 57.0 Å². The zero-order valence-electron chi connectivity index (χ0n) is 5.13. The maximum atomic E-state index is 12.3. The zero-order chi connectivity index (χ0) is 7.78. The van der Waals surface area contributed by atoms with E-state index in [2.05, 4.69) is 5.10 Å². The van der Waals surface area contributed by atoms with E-state index in [0.29, 0.717) is 0 Å². The summed E-state index contributed by atoms with van der Waals surface area (Å²) >= 11 is 0. The number of aromatic nitrogens is 2. The number of aromatic amines is 1. The molecular formula is C4H5FN2O2S. The van der Waals surface area contributed by atoms with Gasteiger partial charge < -0.3 is 0 Å². The minimum absolute atomic E-state index is 0.396. The second-order valence-electron chi connectivity index (χ2n) is 1.82. The number of hydrogen-bond donors (Lipinski definition) is 1. The van der Waals surface area contributed by atoms with Crippen LogP contribution in [0.3, 0.4) is 0 Å². The van der Waals surface area contributed by atoms with Crippen molar-refractivity contribution in [2.24, 2.45) is 0 Å². The van der Waals surface area contributed by atoms with Gasteiger partial charge in [-0.25, -0.2) is 8.42 Å². The highest BCUT2D eigenvalue weighted by Crippen LogP contribution is 2.08. The minimum atomic E-state index is -3.46. The topological polar surface area (TPSA) is 62.8 Å². The minimum Gasteiger partial charge on any atom is -0.252 e. The lowest BCUT2D eigenvalue weighted by Crippen LogP contribution is -1.97. The van der Waals surface area contributed by atoms with E-state index in [1.807, 2.05) is 5.10 Å². The molecule has 0 spiro atoms. The predicted molar refractivity (Wildman–Crippen MR) is 31.7 cm³/mol. The standard InChI is InChI=1S/C4H5FN2O2S/c1-10(8,9)3-2-6-7-4(3)5/h2H,1H3,(H,6,7). The number of nitrogens with one attached hydrogen (secondary N) is 1. The van der Waals surface area contributed by atoms with Crippen molar-refractivity contribution >= 4 is 9.84 Å². The lowest BCUT2D eigenvalue weighted by Gasteiger charge is -1.88. The summed E-state index contributed by atoms with van der Waals surface area (Å²) in [5.41, 5.74) is 0. The van der Waals surface area contributed by atoms with Crippen LogP contribution in [-0.2, 0) is 9.84 Å². The van der Waals surface area contributed by atoms with Gasteiger partial charge in [0.15, 0.2) is 9.84 Å². The fraction of sp³-hybridized carbons (Fsp3) is 0.250. The van der Waals surface area contributed by atoms with Crippen LogP contribution in [0, 0.1) is 5.95 Å². The van der Waals surface area contributed by atoms with Crippen molar-refractivity contribution in [3.8, 4) is 0 Å². The van der Waals surface area contributed by atoms with Gasteiger partial charge in [0.2, 0.25) is 5.95 Å². The number of H-pyrrole nitrogens is 1. The molecule has 0 radical (unpaired) electrons. The molecule has 1 aromatic heterocycles. The normalized spacial score (nSPS) is 11.8. The highest BCUT2D eigenvalue weighted by Gasteiger charge is 2.14. The summed E-state index contributed by atoms with van der Waals surface area (Å²) < 4.78 is 33.6. The Kier molecular flexibility index (Phi) is 1.47. The molecule has 1 aromatic rings. The first-order valence-corrected chi connectivity index (χ1v) is 4.30. The van der Waals surface area contributed by atoms with Gasteiger partial charge in [-0.05, 0) is 0 Å². The summed E-state index contributed by atoms with van der Waals surface area (Å²) in [4.78, 5) is -0.396. The Hall–Kier alpha value is -0.910. The molecule has 0 aliphatic rings. The molecule has 0 aromatic carbocycles. The van der Waals surface area contributed by atoms with E-state index < -0.39 is 20.7 Å². The molecule has 0 amide bonds. The predicted octanol–water partition coefficient (Wildman–Crippen LogP) is -0.0477. The Morgan fingerprint density at radius 2 is 2.30 bits per heavy atom. The Morgan fingerprint density at radius 1 is 1.70 bits per heavy atom. The van der Waals surface area contributed by atoms with E-state index in [4.69, 9.17) is 0 Å². The molecule has 0 unspecified atom stereocenters. The van der Waals surface area contributed by atoms with E-state index >= 15 is 0 Å². The van der Waals surface area contributed by atoms with E-state index in [1.165, 1.54) is 0 Å². The lowest BCUT2D eigenvalue weighted by atomic mass is 10.7. The quantitative estimate of drug-likeness (QED) is 0.633. The maximum absolute atomic E-state index is 12.3. The third-order valence-electron chi connectivity index (χ3n) is 0.960. The number of hydrogen-bond acceptors (Lipinski definition) is 3. The average molecular weight is 164 g/mol. The summed E-state index contributed by atoms with van der Waals surface area (Å²) in [6, 6.07) is 0. The monoisotopic (exact) mass is 164 g/mol. The third-order valence-corrected chi connectivity index (χ3v) is 2.04. The molecular weight excluding hydrogens is 159 g/mol. The van der Waals surface area contributed by atoms with E-state index in [-0.39, 0.29) is 0 Å². The Morgan fingerprint density at radius 3 is 2.50 bits per heavy atom. The fourth-order valence-corrected chi connectivity index (χ4v) is 1.13. The van der Waals surface area contributed by atoms with Crippen LogP contribution in [0.4, 0.5) is 4.39 Å². The zero-order valence-corrected chi connectivity index (χ0v) is 5.94. The van der Waals surface area contributed by atoms with Crippen LogP contribution in [-0.4, -0.2) is 24.9 Å². The van der Waals surface area contributed by atoms with E-state index in [0.717, 1.165) is 12.5 Å². The highest BCUT2D eigenvalue weighted by atomic mass is 32.2. The summed E-state index contributed by atoms with van der Waals surface area (Å²) in [6.07, 6.45) is 1.85. The molecule has 0 saturated heterocycles. The van der Waals surface area contributed by atoms with Crippen LogP contribution < -0.4 is 0 Å². The number of sulfone groups is 1. The SMILES string of the molecule is CS(=O)(=O)c1cn[nH]c1F. The average Bonchev–Trinajstić information content (AvgIpc) is 2.11. The van der Waals surface area contributed by atoms with Gasteiger partial charge >= 0.3 is 0 Å². The van der Waals surface area contributed by atoms with Crippen LogP contribution >= 0.6 is 0 Å². The second kappa shape index (κ2) is 2.05. The molecule has 0 fully saturated rings. The van der Waals surface area contributed by atoms with Crippen LogP contribution in [0.15, 0.2) is 11.1 Å².